The van der Waals surface area contributed by atoms with E-state index in [0.717, 1.165) is 5.56 Å². The maximum Gasteiger partial charge on any atom is 0.573 e. The Hall–Kier alpha value is -1.31. The number of alkyl halides is 3. The summed E-state index contributed by atoms with van der Waals surface area (Å²) in [5, 5.41) is 9.56. The Morgan fingerprint density at radius 2 is 1.85 bits per heavy atom. The molecule has 0 aliphatic carbocycles. The first-order valence-electron chi connectivity index (χ1n) is 6.00. The first kappa shape index (κ1) is 16.7. The zero-order chi connectivity index (χ0) is 15.2. The van der Waals surface area contributed by atoms with E-state index in [1.165, 1.54) is 19.2 Å². The summed E-state index contributed by atoms with van der Waals surface area (Å²) >= 11 is 0. The van der Waals surface area contributed by atoms with Gasteiger partial charge in [-0.2, -0.15) is 0 Å². The van der Waals surface area contributed by atoms with Crippen molar-refractivity contribution in [3.05, 3.63) is 29.8 Å². The minimum atomic E-state index is -4.68. The fraction of sp³-hybridized carbons (Fsp3) is 0.538. The number of nitrogens with zero attached hydrogens (tertiary/aromatic N) is 1. The van der Waals surface area contributed by atoms with Crippen molar-refractivity contribution in [3.8, 4) is 5.75 Å². The van der Waals surface area contributed by atoms with Gasteiger partial charge in [-0.25, -0.2) is 0 Å². The van der Waals surface area contributed by atoms with Gasteiger partial charge in [-0.1, -0.05) is 12.1 Å². The SMILES string of the molecule is COCC(O)CN(C)Cc1ccc(OC(F)(F)F)cc1. The van der Waals surface area contributed by atoms with E-state index >= 15 is 0 Å². The second kappa shape index (κ2) is 7.47. The average Bonchev–Trinajstić information content (AvgIpc) is 2.30. The number of methoxy groups -OCH3 is 1. The van der Waals surface area contributed by atoms with Crippen LogP contribution in [0.4, 0.5) is 13.2 Å². The fourth-order valence-corrected chi connectivity index (χ4v) is 1.78. The molecule has 7 heteroatoms. The molecule has 0 fully saturated rings. The molecule has 0 bridgehead atoms. The Labute approximate surface area is 115 Å². The smallest absolute Gasteiger partial charge is 0.406 e. The normalized spacial score (nSPS) is 13.6. The first-order valence-corrected chi connectivity index (χ1v) is 6.00. The Morgan fingerprint density at radius 1 is 1.25 bits per heavy atom. The van der Waals surface area contributed by atoms with E-state index in [1.807, 2.05) is 4.90 Å². The number of likely N-dealkylation sites (N-methyl/N-ethyl adjacent to an activating group) is 1. The van der Waals surface area contributed by atoms with Crippen LogP contribution in [0.5, 0.6) is 5.75 Å². The predicted octanol–water partition coefficient (Wildman–Crippen LogP) is 2.02. The van der Waals surface area contributed by atoms with Crippen LogP contribution < -0.4 is 4.74 Å². The number of aliphatic hydroxyl groups is 1. The summed E-state index contributed by atoms with van der Waals surface area (Å²) in [7, 11) is 3.31. The summed E-state index contributed by atoms with van der Waals surface area (Å²) < 4.78 is 44.6. The van der Waals surface area contributed by atoms with Crippen molar-refractivity contribution < 1.29 is 27.8 Å². The molecule has 0 heterocycles. The summed E-state index contributed by atoms with van der Waals surface area (Å²) in [6.45, 7) is 1.16. The molecule has 0 saturated carbocycles. The molecule has 4 nitrogen and oxygen atoms in total. The largest absolute Gasteiger partial charge is 0.573 e. The molecule has 0 spiro atoms. The summed E-state index contributed by atoms with van der Waals surface area (Å²) in [5.74, 6) is -0.247. The van der Waals surface area contributed by atoms with Gasteiger partial charge in [0.2, 0.25) is 0 Å². The van der Waals surface area contributed by atoms with Gasteiger partial charge < -0.3 is 14.6 Å². The van der Waals surface area contributed by atoms with E-state index in [0.29, 0.717) is 13.1 Å². The zero-order valence-electron chi connectivity index (χ0n) is 11.4. The molecule has 0 amide bonds. The molecule has 1 aromatic carbocycles. The number of rotatable bonds is 7. The number of hydrogen-bond acceptors (Lipinski definition) is 4. The van der Waals surface area contributed by atoms with Crippen LogP contribution in [0.2, 0.25) is 0 Å². The molecule has 0 aromatic heterocycles. The number of halogens is 3. The van der Waals surface area contributed by atoms with E-state index < -0.39 is 12.5 Å². The molecule has 1 rings (SSSR count). The van der Waals surface area contributed by atoms with Gasteiger partial charge in [0.25, 0.3) is 0 Å². The number of hydrogen-bond donors (Lipinski definition) is 1. The van der Waals surface area contributed by atoms with Gasteiger partial charge in [0.1, 0.15) is 5.75 Å². The molecule has 1 atom stereocenters. The van der Waals surface area contributed by atoms with Gasteiger partial charge in [-0.05, 0) is 24.7 Å². The maximum atomic E-state index is 12.0. The maximum absolute atomic E-state index is 12.0. The van der Waals surface area contributed by atoms with Crippen LogP contribution in [0.3, 0.4) is 0 Å². The molecule has 0 radical (unpaired) electrons. The molecule has 1 unspecified atom stereocenters. The lowest BCUT2D eigenvalue weighted by atomic mass is 10.2. The van der Waals surface area contributed by atoms with Crippen molar-refractivity contribution >= 4 is 0 Å². The van der Waals surface area contributed by atoms with Crippen molar-refractivity contribution in [3.63, 3.8) is 0 Å². The van der Waals surface area contributed by atoms with E-state index in [9.17, 15) is 18.3 Å². The van der Waals surface area contributed by atoms with E-state index in [4.69, 9.17) is 4.74 Å². The van der Waals surface area contributed by atoms with Crippen molar-refractivity contribution in [2.45, 2.75) is 19.0 Å². The Bertz CT molecular complexity index is 395. The summed E-state index contributed by atoms with van der Waals surface area (Å²) in [4.78, 5) is 1.85. The predicted molar refractivity (Wildman–Crippen MR) is 67.3 cm³/mol. The van der Waals surface area contributed by atoms with Gasteiger partial charge in [-0.15, -0.1) is 13.2 Å². The summed E-state index contributed by atoms with van der Waals surface area (Å²) in [6, 6.07) is 5.64. The topological polar surface area (TPSA) is 41.9 Å². The highest BCUT2D eigenvalue weighted by Crippen LogP contribution is 2.22. The minimum absolute atomic E-state index is 0.239. The molecule has 0 aliphatic heterocycles. The molecule has 0 aliphatic rings. The van der Waals surface area contributed by atoms with Crippen LogP contribution >= 0.6 is 0 Å². The van der Waals surface area contributed by atoms with Crippen LogP contribution in [0.1, 0.15) is 5.56 Å². The lowest BCUT2D eigenvalue weighted by molar-refractivity contribution is -0.274. The Morgan fingerprint density at radius 3 is 2.35 bits per heavy atom. The third-order valence-electron chi connectivity index (χ3n) is 2.49. The number of benzene rings is 1. The lowest BCUT2D eigenvalue weighted by Gasteiger charge is -2.20. The standard InChI is InChI=1S/C13H18F3NO3/c1-17(8-11(18)9-19-2)7-10-3-5-12(6-4-10)20-13(14,15)16/h3-6,11,18H,7-9H2,1-2H3. The second-order valence-electron chi connectivity index (χ2n) is 4.50. The van der Waals surface area contributed by atoms with Gasteiger partial charge in [-0.3, -0.25) is 4.90 Å². The van der Waals surface area contributed by atoms with Gasteiger partial charge in [0, 0.05) is 20.2 Å². The Kier molecular flexibility index (Phi) is 6.25. The zero-order valence-corrected chi connectivity index (χ0v) is 11.4. The van der Waals surface area contributed by atoms with Crippen LogP contribution in [-0.4, -0.2) is 49.8 Å². The third kappa shape index (κ3) is 6.74. The van der Waals surface area contributed by atoms with Crippen LogP contribution in [0.25, 0.3) is 0 Å². The number of aliphatic hydroxyl groups excluding tert-OH is 1. The highest BCUT2D eigenvalue weighted by Gasteiger charge is 2.30. The molecule has 1 N–H and O–H groups in total. The monoisotopic (exact) mass is 293 g/mol. The quantitative estimate of drug-likeness (QED) is 0.835. The third-order valence-corrected chi connectivity index (χ3v) is 2.49. The lowest BCUT2D eigenvalue weighted by Crippen LogP contribution is -2.31. The molecule has 0 saturated heterocycles. The van der Waals surface area contributed by atoms with Crippen molar-refractivity contribution in [2.24, 2.45) is 0 Å². The highest BCUT2D eigenvalue weighted by molar-refractivity contribution is 5.27. The van der Waals surface area contributed by atoms with Crippen molar-refractivity contribution in [1.29, 1.82) is 0 Å². The highest BCUT2D eigenvalue weighted by atomic mass is 19.4. The molecular weight excluding hydrogens is 275 g/mol. The number of ether oxygens (including phenoxy) is 2. The van der Waals surface area contributed by atoms with Crippen molar-refractivity contribution in [1.82, 2.24) is 4.90 Å². The van der Waals surface area contributed by atoms with Crippen molar-refractivity contribution in [2.75, 3.05) is 27.3 Å². The Balaban J connectivity index is 2.48. The molecule has 1 aromatic rings. The van der Waals surface area contributed by atoms with E-state index in [1.54, 1.807) is 19.2 Å². The van der Waals surface area contributed by atoms with Crippen LogP contribution in [-0.2, 0) is 11.3 Å². The van der Waals surface area contributed by atoms with E-state index in [2.05, 4.69) is 4.74 Å². The fourth-order valence-electron chi connectivity index (χ4n) is 1.78. The molecule has 114 valence electrons. The molecule has 20 heavy (non-hydrogen) atoms. The average molecular weight is 293 g/mol. The first-order chi connectivity index (χ1) is 9.30. The minimum Gasteiger partial charge on any atom is -0.406 e. The van der Waals surface area contributed by atoms with Crippen LogP contribution in [0, 0.1) is 0 Å². The molecular formula is C13H18F3NO3. The summed E-state index contributed by atoms with van der Waals surface area (Å²) in [5.41, 5.74) is 0.826. The van der Waals surface area contributed by atoms with E-state index in [-0.39, 0.29) is 12.4 Å². The van der Waals surface area contributed by atoms with Gasteiger partial charge in [0.05, 0.1) is 12.7 Å². The van der Waals surface area contributed by atoms with Gasteiger partial charge >= 0.3 is 6.36 Å². The van der Waals surface area contributed by atoms with Gasteiger partial charge in [0.15, 0.2) is 0 Å². The summed E-state index contributed by atoms with van der Waals surface area (Å²) in [6.07, 6.45) is -5.28. The van der Waals surface area contributed by atoms with Crippen LogP contribution in [0.15, 0.2) is 24.3 Å². The second-order valence-corrected chi connectivity index (χ2v) is 4.50.